The van der Waals surface area contributed by atoms with Crippen LogP contribution in [0.3, 0.4) is 0 Å². The largest absolute Gasteiger partial charge is 0.460 e. The van der Waals surface area contributed by atoms with Gasteiger partial charge >= 0.3 is 11.9 Å². The van der Waals surface area contributed by atoms with E-state index in [-0.39, 0.29) is 36.9 Å². The average molecular weight is 437 g/mol. The van der Waals surface area contributed by atoms with E-state index in [1.807, 2.05) is 20.8 Å². The van der Waals surface area contributed by atoms with Crippen LogP contribution in [0.1, 0.15) is 108 Å². The number of aromatic nitrogens is 2. The van der Waals surface area contributed by atoms with Gasteiger partial charge in [0.05, 0.1) is 6.61 Å². The average Bonchev–Trinajstić information content (AvgIpc) is 2.67. The highest BCUT2D eigenvalue weighted by atomic mass is 16.6. The summed E-state index contributed by atoms with van der Waals surface area (Å²) in [6.45, 7) is 11.5. The third kappa shape index (κ3) is 9.66. The van der Waals surface area contributed by atoms with Crippen molar-refractivity contribution in [1.82, 2.24) is 9.55 Å². The summed E-state index contributed by atoms with van der Waals surface area (Å²) in [6.07, 6.45) is 7.96. The van der Waals surface area contributed by atoms with Gasteiger partial charge in [0.15, 0.2) is 0 Å². The number of unbranched alkanes of at least 4 members (excludes halogenated alkanes) is 5. The molecule has 31 heavy (non-hydrogen) atoms. The normalized spacial score (nSPS) is 11.4. The molecule has 7 nitrogen and oxygen atoms in total. The minimum absolute atomic E-state index is 0.000217. The van der Waals surface area contributed by atoms with Crippen molar-refractivity contribution in [1.29, 1.82) is 0 Å². The van der Waals surface area contributed by atoms with E-state index in [9.17, 15) is 14.4 Å². The number of hydrogen-bond donors (Lipinski definition) is 0. The number of carbonyl (C=O) groups is 2. The van der Waals surface area contributed by atoms with Crippen molar-refractivity contribution in [2.75, 3.05) is 6.61 Å². The molecule has 1 aromatic heterocycles. The van der Waals surface area contributed by atoms with Crippen molar-refractivity contribution in [3.63, 3.8) is 0 Å². The molecule has 1 rings (SSSR count). The maximum atomic E-state index is 13.2. The van der Waals surface area contributed by atoms with Crippen LogP contribution < -0.4 is 5.56 Å². The Balaban J connectivity index is 2.96. The lowest BCUT2D eigenvalue weighted by Crippen LogP contribution is -2.33. The van der Waals surface area contributed by atoms with Crippen LogP contribution in [0.5, 0.6) is 0 Å². The van der Waals surface area contributed by atoms with Crippen LogP contribution in [0.15, 0.2) is 4.79 Å². The Bertz CT molecular complexity index is 777. The van der Waals surface area contributed by atoms with Crippen molar-refractivity contribution < 1.29 is 19.1 Å². The van der Waals surface area contributed by atoms with Crippen LogP contribution in [-0.4, -0.2) is 33.7 Å². The number of rotatable bonds is 13. The fourth-order valence-corrected chi connectivity index (χ4v) is 3.40. The second kappa shape index (κ2) is 13.3. The predicted octanol–water partition coefficient (Wildman–Crippen LogP) is 4.75. The first-order valence-corrected chi connectivity index (χ1v) is 11.6. The lowest BCUT2D eigenvalue weighted by molar-refractivity contribution is -0.154. The van der Waals surface area contributed by atoms with Crippen LogP contribution in [0.4, 0.5) is 0 Å². The quantitative estimate of drug-likeness (QED) is 0.327. The minimum Gasteiger partial charge on any atom is -0.460 e. The summed E-state index contributed by atoms with van der Waals surface area (Å²) in [4.78, 5) is 42.0. The fourth-order valence-electron chi connectivity index (χ4n) is 3.40. The topological polar surface area (TPSA) is 87.5 Å². The molecule has 0 saturated heterocycles. The Labute approximate surface area is 186 Å². The molecule has 1 heterocycles. The number of ether oxygens (including phenoxy) is 2. The van der Waals surface area contributed by atoms with Gasteiger partial charge in [-0.2, -0.15) is 0 Å². The standard InChI is InChI=1S/C24H40N2O5/c1-7-9-10-11-12-13-15-19-18(3)25-21(23(29)30-8-2)26(22(19)28)17-14-16-20(27)31-24(4,5)6/h7-17H2,1-6H3. The molecule has 0 spiro atoms. The van der Waals surface area contributed by atoms with E-state index >= 15 is 0 Å². The molecule has 0 fully saturated rings. The molecule has 0 aliphatic heterocycles. The maximum Gasteiger partial charge on any atom is 0.374 e. The lowest BCUT2D eigenvalue weighted by Gasteiger charge is -2.19. The Kier molecular flexibility index (Phi) is 11.5. The molecule has 0 radical (unpaired) electrons. The van der Waals surface area contributed by atoms with Gasteiger partial charge in [0.1, 0.15) is 5.60 Å². The van der Waals surface area contributed by atoms with Crippen LogP contribution >= 0.6 is 0 Å². The van der Waals surface area contributed by atoms with E-state index in [0.717, 1.165) is 19.3 Å². The van der Waals surface area contributed by atoms with Crippen LogP contribution in [0.2, 0.25) is 0 Å². The zero-order valence-corrected chi connectivity index (χ0v) is 20.2. The number of esters is 2. The van der Waals surface area contributed by atoms with Crippen molar-refractivity contribution >= 4 is 11.9 Å². The molecule has 0 aliphatic carbocycles. The Morgan fingerprint density at radius 1 is 1.00 bits per heavy atom. The van der Waals surface area contributed by atoms with E-state index in [0.29, 0.717) is 24.1 Å². The van der Waals surface area contributed by atoms with Gasteiger partial charge in [0.25, 0.3) is 5.56 Å². The monoisotopic (exact) mass is 436 g/mol. The molecule has 1 aromatic rings. The van der Waals surface area contributed by atoms with Gasteiger partial charge in [0.2, 0.25) is 5.82 Å². The van der Waals surface area contributed by atoms with Crippen molar-refractivity contribution in [2.24, 2.45) is 0 Å². The molecule has 0 unspecified atom stereocenters. The molecule has 0 bridgehead atoms. The zero-order chi connectivity index (χ0) is 23.4. The van der Waals surface area contributed by atoms with Crippen molar-refractivity contribution in [3.05, 3.63) is 27.4 Å². The highest BCUT2D eigenvalue weighted by Crippen LogP contribution is 2.13. The first-order chi connectivity index (χ1) is 14.6. The van der Waals surface area contributed by atoms with Crippen LogP contribution in [0.25, 0.3) is 0 Å². The number of nitrogens with zero attached hydrogens (tertiary/aromatic N) is 2. The van der Waals surface area contributed by atoms with Crippen LogP contribution in [-0.2, 0) is 27.2 Å². The molecule has 0 N–H and O–H groups in total. The fraction of sp³-hybridized carbons (Fsp3) is 0.750. The molecular formula is C24H40N2O5. The molecule has 0 amide bonds. The highest BCUT2D eigenvalue weighted by Gasteiger charge is 2.21. The molecule has 7 heteroatoms. The van der Waals surface area contributed by atoms with E-state index in [1.54, 1.807) is 13.8 Å². The van der Waals surface area contributed by atoms with E-state index < -0.39 is 11.6 Å². The van der Waals surface area contributed by atoms with E-state index in [4.69, 9.17) is 9.47 Å². The van der Waals surface area contributed by atoms with Gasteiger partial charge in [-0.3, -0.25) is 14.2 Å². The third-order valence-corrected chi connectivity index (χ3v) is 4.89. The van der Waals surface area contributed by atoms with Crippen molar-refractivity contribution in [2.45, 2.75) is 111 Å². The molecular weight excluding hydrogens is 396 g/mol. The summed E-state index contributed by atoms with van der Waals surface area (Å²) >= 11 is 0. The number of aryl methyl sites for hydroxylation is 1. The van der Waals surface area contributed by atoms with Gasteiger partial charge in [-0.1, -0.05) is 39.0 Å². The lowest BCUT2D eigenvalue weighted by atomic mass is 10.0. The summed E-state index contributed by atoms with van der Waals surface area (Å²) < 4.78 is 11.8. The highest BCUT2D eigenvalue weighted by molar-refractivity contribution is 5.85. The van der Waals surface area contributed by atoms with Crippen molar-refractivity contribution in [3.8, 4) is 0 Å². The minimum atomic E-state index is -0.619. The summed E-state index contributed by atoms with van der Waals surface area (Å²) in [5.41, 5.74) is 0.443. The van der Waals surface area contributed by atoms with Gasteiger partial charge in [-0.05, 0) is 53.9 Å². The van der Waals surface area contributed by atoms with Gasteiger partial charge in [0, 0.05) is 24.2 Å². The Morgan fingerprint density at radius 3 is 2.26 bits per heavy atom. The zero-order valence-electron chi connectivity index (χ0n) is 20.2. The number of hydrogen-bond acceptors (Lipinski definition) is 6. The SMILES string of the molecule is CCCCCCCCc1c(C)nc(C(=O)OCC)n(CCCC(=O)OC(C)(C)C)c1=O. The second-order valence-corrected chi connectivity index (χ2v) is 8.88. The summed E-state index contributed by atoms with van der Waals surface area (Å²) in [7, 11) is 0. The molecule has 0 atom stereocenters. The Morgan fingerprint density at radius 2 is 1.65 bits per heavy atom. The van der Waals surface area contributed by atoms with Gasteiger partial charge in [-0.25, -0.2) is 9.78 Å². The summed E-state index contributed by atoms with van der Waals surface area (Å²) in [5, 5.41) is 0. The molecule has 0 aromatic carbocycles. The predicted molar refractivity (Wildman–Crippen MR) is 121 cm³/mol. The Hall–Kier alpha value is -2.18. The summed E-state index contributed by atoms with van der Waals surface area (Å²) in [5.74, 6) is -0.947. The van der Waals surface area contributed by atoms with Crippen LogP contribution in [0, 0.1) is 6.92 Å². The first-order valence-electron chi connectivity index (χ1n) is 11.6. The molecule has 176 valence electrons. The number of carbonyl (C=O) groups excluding carboxylic acids is 2. The molecule has 0 saturated carbocycles. The van der Waals surface area contributed by atoms with E-state index in [1.165, 1.54) is 23.8 Å². The van der Waals surface area contributed by atoms with E-state index in [2.05, 4.69) is 11.9 Å². The first kappa shape index (κ1) is 26.9. The third-order valence-electron chi connectivity index (χ3n) is 4.89. The van der Waals surface area contributed by atoms with Gasteiger partial charge in [-0.15, -0.1) is 0 Å². The summed E-state index contributed by atoms with van der Waals surface area (Å²) in [6, 6.07) is 0. The molecule has 0 aliphatic rings. The van der Waals surface area contributed by atoms with Gasteiger partial charge < -0.3 is 9.47 Å². The smallest absolute Gasteiger partial charge is 0.374 e. The maximum absolute atomic E-state index is 13.2. The second-order valence-electron chi connectivity index (χ2n) is 8.88.